The van der Waals surface area contributed by atoms with Gasteiger partial charge >= 0.3 is 6.09 Å². The van der Waals surface area contributed by atoms with Crippen LogP contribution in [0, 0.1) is 23.7 Å². The van der Waals surface area contributed by atoms with Crippen molar-refractivity contribution in [3.8, 4) is 0 Å². The Hall–Kier alpha value is -0.730. The fourth-order valence-corrected chi connectivity index (χ4v) is 4.68. The van der Waals surface area contributed by atoms with Gasteiger partial charge in [0.25, 0.3) is 0 Å². The third-order valence-corrected chi connectivity index (χ3v) is 5.46. The first-order valence-electron chi connectivity index (χ1n) is 7.31. The third kappa shape index (κ3) is 1.59. The molecule has 4 rings (SSSR count). The zero-order valence-corrected chi connectivity index (χ0v) is 12.1. The maximum absolute atomic E-state index is 12.4. The van der Waals surface area contributed by atoms with Crippen LogP contribution >= 0.6 is 0 Å². The number of nitrogens with zero attached hydrogens (tertiary/aromatic N) is 1. The number of carbonyl (C=O) groups excluding carboxylic acids is 1. The second kappa shape index (κ2) is 3.64. The zero-order valence-electron chi connectivity index (χ0n) is 12.1. The molecule has 2 saturated carbocycles. The molecule has 0 aromatic carbocycles. The van der Waals surface area contributed by atoms with E-state index in [2.05, 4.69) is 18.7 Å². The lowest BCUT2D eigenvalue weighted by Crippen LogP contribution is -2.55. The maximum atomic E-state index is 12.4. The van der Waals surface area contributed by atoms with Crippen LogP contribution in [0.4, 0.5) is 4.79 Å². The molecule has 0 N–H and O–H groups in total. The lowest BCUT2D eigenvalue weighted by atomic mass is 9.86. The van der Waals surface area contributed by atoms with Gasteiger partial charge in [-0.2, -0.15) is 0 Å². The first kappa shape index (κ1) is 12.3. The van der Waals surface area contributed by atoms with Crippen LogP contribution in [0.15, 0.2) is 0 Å². The Kier molecular flexibility index (Phi) is 2.49. The molecule has 4 aliphatic rings. The van der Waals surface area contributed by atoms with E-state index in [-0.39, 0.29) is 11.7 Å². The average molecular weight is 251 g/mol. The van der Waals surface area contributed by atoms with Gasteiger partial charge < -0.3 is 9.64 Å². The van der Waals surface area contributed by atoms with Crippen LogP contribution in [0.2, 0.25) is 0 Å². The lowest BCUT2D eigenvalue weighted by Gasteiger charge is -2.45. The minimum Gasteiger partial charge on any atom is -0.444 e. The van der Waals surface area contributed by atoms with Crippen molar-refractivity contribution in [3.63, 3.8) is 0 Å². The number of carbonyl (C=O) groups is 1. The molecule has 0 spiro atoms. The van der Waals surface area contributed by atoms with E-state index in [4.69, 9.17) is 4.74 Å². The van der Waals surface area contributed by atoms with Gasteiger partial charge in [-0.05, 0) is 57.3 Å². The monoisotopic (exact) mass is 251 g/mol. The van der Waals surface area contributed by atoms with Crippen molar-refractivity contribution in [2.45, 2.75) is 65.1 Å². The summed E-state index contributed by atoms with van der Waals surface area (Å²) in [6, 6.07) is 0.870. The summed E-state index contributed by atoms with van der Waals surface area (Å²) in [6.07, 6.45) is 2.31. The van der Waals surface area contributed by atoms with Crippen molar-refractivity contribution in [2.24, 2.45) is 23.7 Å². The van der Waals surface area contributed by atoms with E-state index in [0.29, 0.717) is 23.9 Å². The van der Waals surface area contributed by atoms with Gasteiger partial charge in [-0.25, -0.2) is 4.79 Å². The summed E-state index contributed by atoms with van der Waals surface area (Å²) in [7, 11) is 0. The summed E-state index contributed by atoms with van der Waals surface area (Å²) < 4.78 is 5.61. The highest BCUT2D eigenvalue weighted by atomic mass is 16.6. The molecule has 4 bridgehead atoms. The number of hydrogen-bond donors (Lipinski definition) is 0. The van der Waals surface area contributed by atoms with E-state index >= 15 is 0 Å². The quantitative estimate of drug-likeness (QED) is 0.661. The van der Waals surface area contributed by atoms with Crippen molar-refractivity contribution >= 4 is 6.09 Å². The first-order valence-corrected chi connectivity index (χ1v) is 7.31. The fraction of sp³-hybridized carbons (Fsp3) is 0.933. The minimum atomic E-state index is -0.387. The molecule has 0 aromatic rings. The first-order chi connectivity index (χ1) is 8.29. The van der Waals surface area contributed by atoms with Gasteiger partial charge in [0, 0.05) is 12.1 Å². The van der Waals surface area contributed by atoms with Crippen LogP contribution in [0.3, 0.4) is 0 Å². The number of hydrogen-bond acceptors (Lipinski definition) is 2. The van der Waals surface area contributed by atoms with Crippen LogP contribution in [0.5, 0.6) is 0 Å². The molecular formula is C15H25NO2. The molecule has 2 aliphatic carbocycles. The van der Waals surface area contributed by atoms with E-state index in [1.807, 2.05) is 20.8 Å². The summed E-state index contributed by atoms with van der Waals surface area (Å²) in [5.74, 6) is 3.02. The van der Waals surface area contributed by atoms with Gasteiger partial charge in [0.1, 0.15) is 5.60 Å². The Labute approximate surface area is 110 Å². The van der Waals surface area contributed by atoms with Crippen molar-refractivity contribution in [3.05, 3.63) is 0 Å². The molecule has 2 heterocycles. The highest BCUT2D eigenvalue weighted by Gasteiger charge is 2.61. The van der Waals surface area contributed by atoms with Crippen molar-refractivity contribution in [1.29, 1.82) is 0 Å². The van der Waals surface area contributed by atoms with Crippen molar-refractivity contribution in [1.82, 2.24) is 4.90 Å². The Balaban J connectivity index is 1.83. The average Bonchev–Trinajstić information content (AvgIpc) is 2.61. The molecule has 6 atom stereocenters. The van der Waals surface area contributed by atoms with Gasteiger partial charge in [0.05, 0.1) is 0 Å². The Morgan fingerprint density at radius 3 is 1.89 bits per heavy atom. The second-order valence-corrected chi connectivity index (χ2v) is 7.54. The SMILES string of the molecule is CC1C2CC3C(C)C2CC1N3C(=O)OC(C)(C)C. The van der Waals surface area contributed by atoms with E-state index in [1.165, 1.54) is 12.8 Å². The molecule has 18 heavy (non-hydrogen) atoms. The Morgan fingerprint density at radius 2 is 1.50 bits per heavy atom. The van der Waals surface area contributed by atoms with Crippen molar-refractivity contribution in [2.75, 3.05) is 0 Å². The topological polar surface area (TPSA) is 29.5 Å². The Bertz CT molecular complexity index is 351. The molecule has 1 amide bonds. The highest BCUT2D eigenvalue weighted by Crippen LogP contribution is 2.59. The molecule has 6 unspecified atom stereocenters. The third-order valence-electron chi connectivity index (χ3n) is 5.46. The summed E-state index contributed by atoms with van der Waals surface area (Å²) in [5.41, 5.74) is -0.387. The summed E-state index contributed by atoms with van der Waals surface area (Å²) in [5, 5.41) is 0. The minimum absolute atomic E-state index is 0.0880. The van der Waals surface area contributed by atoms with Gasteiger partial charge in [0.2, 0.25) is 0 Å². The van der Waals surface area contributed by atoms with E-state index in [9.17, 15) is 4.79 Å². The maximum Gasteiger partial charge on any atom is 0.410 e. The molecule has 0 aromatic heterocycles. The van der Waals surface area contributed by atoms with Gasteiger partial charge in [-0.3, -0.25) is 0 Å². The molecule has 4 fully saturated rings. The largest absolute Gasteiger partial charge is 0.444 e. The van der Waals surface area contributed by atoms with E-state index in [1.54, 1.807) is 0 Å². The molecule has 102 valence electrons. The van der Waals surface area contributed by atoms with E-state index in [0.717, 1.165) is 11.8 Å². The summed E-state index contributed by atoms with van der Waals surface area (Å²) >= 11 is 0. The molecule has 2 saturated heterocycles. The van der Waals surface area contributed by atoms with Crippen LogP contribution in [-0.4, -0.2) is 28.7 Å². The Morgan fingerprint density at radius 1 is 1.06 bits per heavy atom. The molecule has 3 heteroatoms. The van der Waals surface area contributed by atoms with Crippen LogP contribution in [0.25, 0.3) is 0 Å². The molecule has 3 nitrogen and oxygen atoms in total. The predicted octanol–water partition coefficient (Wildman–Crippen LogP) is 3.29. The molecular weight excluding hydrogens is 226 g/mol. The molecule has 2 aliphatic heterocycles. The fourth-order valence-electron chi connectivity index (χ4n) is 4.68. The smallest absolute Gasteiger partial charge is 0.410 e. The van der Waals surface area contributed by atoms with Crippen LogP contribution in [0.1, 0.15) is 47.5 Å². The number of rotatable bonds is 0. The van der Waals surface area contributed by atoms with Gasteiger partial charge in [-0.1, -0.05) is 13.8 Å². The standard InChI is InChI=1S/C15H25NO2/c1-8-10-6-13-9(2)11(10)7-12(8)16(13)14(17)18-15(3,4)5/h8-13H,6-7H2,1-5H3. The van der Waals surface area contributed by atoms with Gasteiger partial charge in [-0.15, -0.1) is 0 Å². The second-order valence-electron chi connectivity index (χ2n) is 7.54. The van der Waals surface area contributed by atoms with Crippen LogP contribution < -0.4 is 0 Å². The van der Waals surface area contributed by atoms with E-state index < -0.39 is 0 Å². The number of ether oxygens (including phenoxy) is 1. The summed E-state index contributed by atoms with van der Waals surface area (Å²) in [6.45, 7) is 10.5. The van der Waals surface area contributed by atoms with Gasteiger partial charge in [0.15, 0.2) is 0 Å². The van der Waals surface area contributed by atoms with Crippen molar-refractivity contribution < 1.29 is 9.53 Å². The molecule has 0 radical (unpaired) electrons. The summed E-state index contributed by atoms with van der Waals surface area (Å²) in [4.78, 5) is 14.5. The normalized spacial score (nSPS) is 45.7. The number of piperidine rings is 2. The highest BCUT2D eigenvalue weighted by molar-refractivity contribution is 5.70. The zero-order chi connectivity index (χ0) is 13.2. The van der Waals surface area contributed by atoms with Crippen LogP contribution in [-0.2, 0) is 4.74 Å². The number of amides is 1. The lowest BCUT2D eigenvalue weighted by molar-refractivity contribution is -0.0218. The predicted molar refractivity (Wildman–Crippen MR) is 70.2 cm³/mol.